The normalized spacial score (nSPS) is 32.9. The van der Waals surface area contributed by atoms with Crippen LogP contribution in [0.15, 0.2) is 30.3 Å². The molecule has 0 radical (unpaired) electrons. The molecule has 0 heterocycles. The number of rotatable bonds is 5. The Morgan fingerprint density at radius 1 is 1.24 bits per heavy atom. The van der Waals surface area contributed by atoms with E-state index in [9.17, 15) is 0 Å². The van der Waals surface area contributed by atoms with E-state index < -0.39 is 0 Å². The molecule has 2 aliphatic rings. The van der Waals surface area contributed by atoms with E-state index in [1.807, 2.05) is 7.11 Å². The van der Waals surface area contributed by atoms with Gasteiger partial charge in [0.15, 0.2) is 0 Å². The van der Waals surface area contributed by atoms with Crippen LogP contribution in [0.25, 0.3) is 5.32 Å². The predicted molar refractivity (Wildman–Crippen MR) is 82.7 cm³/mol. The first-order valence-electron chi connectivity index (χ1n) is 7.80. The van der Waals surface area contributed by atoms with Crippen LogP contribution < -0.4 is 18.9 Å². The third-order valence-corrected chi connectivity index (χ3v) is 6.17. The molecule has 1 aromatic carbocycles. The Morgan fingerprint density at radius 3 is 2.57 bits per heavy atom. The first-order chi connectivity index (χ1) is 9.60. The molecule has 0 aromatic heterocycles. The minimum absolute atomic E-state index is 0. The fourth-order valence-electron chi connectivity index (χ4n) is 4.67. The molecule has 0 amide bonds. The summed E-state index contributed by atoms with van der Waals surface area (Å²) in [5.41, 5.74) is 1.94. The molecule has 2 unspecified atom stereocenters. The summed E-state index contributed by atoms with van der Waals surface area (Å²) in [5.74, 6) is 0.819. The minimum Gasteiger partial charge on any atom is -0.658 e. The van der Waals surface area contributed by atoms with E-state index >= 15 is 0 Å². The molecule has 0 spiro atoms. The number of hydrogen-bond donors (Lipinski definition) is 0. The molecule has 2 fully saturated rings. The van der Waals surface area contributed by atoms with Gasteiger partial charge < -0.3 is 10.1 Å². The Balaban J connectivity index is 0.00000161. The monoisotopic (exact) mass is 279 g/mol. The minimum atomic E-state index is 0. The van der Waals surface area contributed by atoms with Crippen molar-refractivity contribution < 1.29 is 23.6 Å². The van der Waals surface area contributed by atoms with Crippen molar-refractivity contribution >= 4 is 0 Å². The van der Waals surface area contributed by atoms with Crippen molar-refractivity contribution in [2.75, 3.05) is 13.7 Å². The summed E-state index contributed by atoms with van der Waals surface area (Å²) in [7, 11) is 1.88. The van der Waals surface area contributed by atoms with Gasteiger partial charge in [-0.15, -0.1) is 13.1 Å². The van der Waals surface area contributed by atoms with Crippen LogP contribution in [-0.2, 0) is 11.3 Å². The average Bonchev–Trinajstić information content (AvgIpc) is 2.83. The van der Waals surface area contributed by atoms with Gasteiger partial charge in [-0.25, -0.2) is 0 Å². The molecular weight excluding hydrogens is 253 g/mol. The van der Waals surface area contributed by atoms with Gasteiger partial charge in [0.25, 0.3) is 0 Å². The van der Waals surface area contributed by atoms with Gasteiger partial charge in [-0.2, -0.15) is 0 Å². The van der Waals surface area contributed by atoms with Crippen LogP contribution >= 0.6 is 0 Å². The number of fused-ring (bicyclic) bond motifs is 2. The molecule has 3 atom stereocenters. The van der Waals surface area contributed by atoms with Gasteiger partial charge in [0.1, 0.15) is 0 Å². The molecule has 3 rings (SSSR count). The van der Waals surface area contributed by atoms with Gasteiger partial charge in [-0.1, -0.05) is 49.7 Å². The average molecular weight is 279 g/mol. The van der Waals surface area contributed by atoms with E-state index in [2.05, 4.69) is 44.2 Å². The van der Waals surface area contributed by atoms with Crippen molar-refractivity contribution in [3.63, 3.8) is 0 Å². The molecule has 0 saturated heterocycles. The maximum atomic E-state index is 5.83. The number of methoxy groups -OCH3 is 1. The van der Waals surface area contributed by atoms with E-state index in [4.69, 9.17) is 10.1 Å². The third kappa shape index (κ3) is 2.72. The molecule has 2 saturated carbocycles. The van der Waals surface area contributed by atoms with Crippen molar-refractivity contribution in [3.8, 4) is 0 Å². The van der Waals surface area contributed by atoms with Crippen molar-refractivity contribution in [2.45, 2.75) is 45.8 Å². The fraction of sp³-hybridized carbons (Fsp3) is 0.667. The molecule has 0 aliphatic heterocycles. The Morgan fingerprint density at radius 2 is 1.95 bits per heavy atom. The zero-order valence-electron chi connectivity index (χ0n) is 13.9. The fourth-order valence-corrected chi connectivity index (χ4v) is 4.67. The van der Waals surface area contributed by atoms with Crippen LogP contribution in [0.4, 0.5) is 0 Å². The van der Waals surface area contributed by atoms with Crippen molar-refractivity contribution in [1.29, 1.82) is 0 Å². The third-order valence-electron chi connectivity index (χ3n) is 6.17. The summed E-state index contributed by atoms with van der Waals surface area (Å²) in [6.07, 6.45) is 4.26. The van der Waals surface area contributed by atoms with Gasteiger partial charge in [-0.3, -0.25) is 0 Å². The number of ether oxygens (including phenoxy) is 1. The Kier molecular flexibility index (Phi) is 5.26. The van der Waals surface area contributed by atoms with Crippen LogP contribution in [0.1, 0.15) is 38.7 Å². The van der Waals surface area contributed by atoms with E-state index in [-0.39, 0.29) is 24.3 Å². The molecule has 1 aromatic rings. The van der Waals surface area contributed by atoms with Gasteiger partial charge in [0, 0.05) is 7.11 Å². The summed E-state index contributed by atoms with van der Waals surface area (Å²) in [6.45, 7) is 6.65. The van der Waals surface area contributed by atoms with Crippen LogP contribution in [0, 0.1) is 16.7 Å². The quantitative estimate of drug-likeness (QED) is 0.747. The summed E-state index contributed by atoms with van der Waals surface area (Å²) >= 11 is 0. The summed E-state index contributed by atoms with van der Waals surface area (Å²) in [4.78, 5) is 0. The maximum Gasteiger partial charge on any atom is 1.00 e. The zero-order chi connectivity index (χ0) is 14.2. The maximum absolute atomic E-state index is 5.83. The van der Waals surface area contributed by atoms with E-state index in [1.54, 1.807) is 0 Å². The van der Waals surface area contributed by atoms with Crippen molar-refractivity contribution in [3.05, 3.63) is 41.2 Å². The smallest absolute Gasteiger partial charge is 0.658 e. The molecule has 110 valence electrons. The number of benzene rings is 1. The van der Waals surface area contributed by atoms with Crippen molar-refractivity contribution in [1.82, 2.24) is 0 Å². The Labute approximate surface area is 141 Å². The van der Waals surface area contributed by atoms with Crippen LogP contribution in [0.5, 0.6) is 0 Å². The molecule has 21 heavy (non-hydrogen) atoms. The van der Waals surface area contributed by atoms with Crippen LogP contribution in [-0.4, -0.2) is 19.8 Å². The molecule has 2 bridgehead atoms. The summed E-state index contributed by atoms with van der Waals surface area (Å²) < 4.78 is 5.83. The standard InChI is InChI=1S/C18H26NO.Li/c1-17(2)15-9-10-18(17,16(11-15)20-3)13-19-12-14-7-5-4-6-8-14;/h4-8,15-16H,9-13H2,1-3H3;/q-1;+1/t15?,16-,18?;/m1./s1. The second-order valence-electron chi connectivity index (χ2n) is 7.10. The number of nitrogens with zero attached hydrogens (tertiary/aromatic N) is 1. The SMILES string of the molecule is CO[C@@H]1CC2CCC1(C[N-]Cc1ccccc1)C2(C)C.[Li+]. The number of hydrogen-bond acceptors (Lipinski definition) is 1. The van der Waals surface area contributed by atoms with E-state index in [0.717, 1.165) is 19.0 Å². The Hall–Kier alpha value is -0.263. The van der Waals surface area contributed by atoms with Crippen molar-refractivity contribution in [2.24, 2.45) is 16.7 Å². The van der Waals surface area contributed by atoms with E-state index in [0.29, 0.717) is 11.5 Å². The molecule has 2 nitrogen and oxygen atoms in total. The Bertz CT molecular complexity index is 462. The van der Waals surface area contributed by atoms with Gasteiger partial charge in [0.2, 0.25) is 0 Å². The van der Waals surface area contributed by atoms with Gasteiger partial charge >= 0.3 is 18.9 Å². The van der Waals surface area contributed by atoms with Crippen LogP contribution in [0.2, 0.25) is 0 Å². The first-order valence-corrected chi connectivity index (χ1v) is 7.80. The second kappa shape index (κ2) is 6.47. The second-order valence-corrected chi connectivity index (χ2v) is 7.10. The van der Waals surface area contributed by atoms with Crippen LogP contribution in [0.3, 0.4) is 0 Å². The molecule has 3 heteroatoms. The predicted octanol–water partition coefficient (Wildman–Crippen LogP) is 1.41. The summed E-state index contributed by atoms with van der Waals surface area (Å²) in [6, 6.07) is 10.6. The molecule has 0 N–H and O–H groups in total. The van der Waals surface area contributed by atoms with E-state index in [1.165, 1.54) is 24.8 Å². The molecule has 2 aliphatic carbocycles. The summed E-state index contributed by atoms with van der Waals surface area (Å²) in [5, 5.41) is 4.91. The first kappa shape index (κ1) is 17.1. The van der Waals surface area contributed by atoms with Gasteiger partial charge in [0.05, 0.1) is 6.10 Å². The molecular formula is C18H26LiNO. The zero-order valence-corrected chi connectivity index (χ0v) is 13.9. The largest absolute Gasteiger partial charge is 1.00 e. The topological polar surface area (TPSA) is 23.3 Å². The van der Waals surface area contributed by atoms with Gasteiger partial charge in [-0.05, 0) is 36.0 Å².